The number of aromatic amines is 2. The summed E-state index contributed by atoms with van der Waals surface area (Å²) in [6.07, 6.45) is 1.24. The summed E-state index contributed by atoms with van der Waals surface area (Å²) < 4.78 is 0. The third kappa shape index (κ3) is 25.1. The molecule has 0 saturated carbocycles. The number of primary amides is 1. The van der Waals surface area contributed by atoms with Crippen LogP contribution in [0.25, 0.3) is 10.9 Å². The van der Waals surface area contributed by atoms with E-state index in [4.69, 9.17) is 22.6 Å². The average molecular weight is 1430 g/mol. The van der Waals surface area contributed by atoms with Gasteiger partial charge in [-0.15, -0.1) is 0 Å². The maximum Gasteiger partial charge on any atom is 0.328 e. The number of phenolic OH excluding ortho intramolecular Hbond substituents is 1. The number of aromatic hydroxyl groups is 1. The molecule has 12 amide bonds. The normalized spacial score (nSPS) is 16.3. The SMILES string of the molecule is CC(C)C[C@H](NC(=O)[C@H](Cc1c[nH]cn1)NC(=O)[C@H](Cc1c[nH]c2ccccc12)NC(=O)[C@@H]1CCCN1C(=O)[C@H](C)N)C(=O)N[C@@H](CO)C(=O)N[C@@H](CO)C(=O)N[C@@H](CCC(N)=O)C(=O)N[C@@H](Cc1ccc(O)cc1)C(=O)N[C@@H](CO)C(=O)N[C@@H](CCCNC(=N)N)C(=O)N[C@H](C(=O)O)[C@@H](C)O. The topological polar surface area (TPSA) is 625 Å². The number of carboxylic acids is 1. The first-order valence-corrected chi connectivity index (χ1v) is 32.8. The monoisotopic (exact) mass is 1430 g/mol. The van der Waals surface area contributed by atoms with Crippen molar-refractivity contribution in [1.29, 1.82) is 5.41 Å². The number of carbonyl (C=O) groups is 13. The van der Waals surface area contributed by atoms with Crippen LogP contribution in [0.3, 0.4) is 0 Å². The van der Waals surface area contributed by atoms with Gasteiger partial charge in [0.2, 0.25) is 70.9 Å². The number of aliphatic hydroxyl groups is 4. The van der Waals surface area contributed by atoms with Gasteiger partial charge in [0.1, 0.15) is 66.2 Å². The summed E-state index contributed by atoms with van der Waals surface area (Å²) >= 11 is 0. The van der Waals surface area contributed by atoms with Gasteiger partial charge < -0.3 is 121 Å². The number of guanidine groups is 1. The number of amides is 12. The Labute approximate surface area is 584 Å². The summed E-state index contributed by atoms with van der Waals surface area (Å²) in [5, 5.41) is 95.5. The van der Waals surface area contributed by atoms with Crippen LogP contribution in [0.4, 0.5) is 0 Å². The summed E-state index contributed by atoms with van der Waals surface area (Å²) in [6, 6.07) is -6.75. The number of aliphatic hydroxyl groups excluding tert-OH is 4. The van der Waals surface area contributed by atoms with Gasteiger partial charge in [-0.3, -0.25) is 62.9 Å². The van der Waals surface area contributed by atoms with Crippen molar-refractivity contribution < 1.29 is 93.0 Å². The Morgan fingerprint density at radius 2 is 1.11 bits per heavy atom. The van der Waals surface area contributed by atoms with Gasteiger partial charge in [0.05, 0.1) is 44.0 Å². The highest BCUT2D eigenvalue weighted by atomic mass is 16.4. The van der Waals surface area contributed by atoms with Crippen LogP contribution >= 0.6 is 0 Å². The molecule has 102 heavy (non-hydrogen) atoms. The van der Waals surface area contributed by atoms with Gasteiger partial charge in [-0.25, -0.2) is 9.78 Å². The highest BCUT2D eigenvalue weighted by Crippen LogP contribution is 2.22. The summed E-state index contributed by atoms with van der Waals surface area (Å²) in [7, 11) is 0. The third-order valence-electron chi connectivity index (χ3n) is 16.3. The second-order valence-electron chi connectivity index (χ2n) is 25.0. The van der Waals surface area contributed by atoms with Crippen LogP contribution in [-0.2, 0) is 81.6 Å². The van der Waals surface area contributed by atoms with E-state index in [-0.39, 0.29) is 74.5 Å². The standard InChI is InChI=1S/C64H93N19O19/c1-31(2)21-42(75-57(95)45(24-36-26-69-30-72-36)77-56(94)44(23-35-25-71-39-10-6-5-9-38(35)39)78-61(99)49-12-8-20-83(49)62(100)32(3)65)54(92)79-48(29-86)60(98)81-47(28-85)59(97)74-41(17-18-50(66)89)52(90)76-43(22-34-13-15-37(88)16-14-34)55(93)80-46(27-84)58(96)73-40(11-7-19-70-64(67)68)53(91)82-51(33(4)87)63(101)102/h5-6,9-10,13-16,25-26,30-33,40-49,51,71,84-88H,7-8,11-12,17-24,27-29,65H2,1-4H3,(H2,66,89)(H,69,72)(H,73,96)(H,74,97)(H,75,95)(H,76,90)(H,77,94)(H,78,99)(H,79,92)(H,80,93)(H,81,98)(H,82,91)(H,101,102)(H4,67,68,70)/t32-,33+,40-,41-,42-,43-,44-,45-,46-,47-,48-,49-,51-/m0/s1. The van der Waals surface area contributed by atoms with E-state index < -0.39 is 201 Å². The fourth-order valence-electron chi connectivity index (χ4n) is 10.9. The summed E-state index contributed by atoms with van der Waals surface area (Å²) in [5.74, 6) is -14.9. The van der Waals surface area contributed by atoms with E-state index in [1.54, 1.807) is 32.2 Å². The van der Waals surface area contributed by atoms with E-state index in [1.807, 2.05) is 12.1 Å². The molecule has 2 aromatic heterocycles. The Morgan fingerprint density at radius 3 is 1.62 bits per heavy atom. The number of nitrogens with two attached hydrogens (primary N) is 3. The molecule has 2 aromatic carbocycles. The fraction of sp³-hybridized carbons (Fsp3) is 0.516. The number of para-hydroxylation sites is 1. The minimum absolute atomic E-state index is 0.00896. The van der Waals surface area contributed by atoms with Crippen LogP contribution in [-0.4, -0.2) is 245 Å². The molecule has 0 aliphatic carbocycles. The minimum Gasteiger partial charge on any atom is -0.508 e. The first-order chi connectivity index (χ1) is 48.3. The van der Waals surface area contributed by atoms with Gasteiger partial charge in [0, 0.05) is 62.1 Å². The molecule has 13 atom stereocenters. The number of benzene rings is 2. The second kappa shape index (κ2) is 39.8. The van der Waals surface area contributed by atoms with E-state index in [1.165, 1.54) is 48.6 Å². The molecule has 3 heterocycles. The van der Waals surface area contributed by atoms with Crippen molar-refractivity contribution in [3.63, 3.8) is 0 Å². The Hall–Kier alpha value is -10.8. The van der Waals surface area contributed by atoms with Gasteiger partial charge in [-0.05, 0) is 87.6 Å². The van der Waals surface area contributed by atoms with Gasteiger partial charge in [0.25, 0.3) is 0 Å². The van der Waals surface area contributed by atoms with Crippen molar-refractivity contribution in [1.82, 2.24) is 78.3 Å². The smallest absolute Gasteiger partial charge is 0.328 e. The van der Waals surface area contributed by atoms with E-state index in [0.29, 0.717) is 12.0 Å². The molecule has 1 fully saturated rings. The highest BCUT2D eigenvalue weighted by molar-refractivity contribution is 6.00. The lowest BCUT2D eigenvalue weighted by molar-refractivity contribution is -0.145. The Balaban J connectivity index is 1.33. The van der Waals surface area contributed by atoms with Gasteiger partial charge in [-0.2, -0.15) is 0 Å². The number of carbonyl (C=O) groups excluding carboxylic acids is 12. The third-order valence-corrected chi connectivity index (χ3v) is 16.3. The molecule has 0 radical (unpaired) electrons. The molecule has 558 valence electrons. The van der Waals surface area contributed by atoms with E-state index in [0.717, 1.165) is 17.8 Å². The summed E-state index contributed by atoms with van der Waals surface area (Å²) in [5.41, 5.74) is 18.6. The van der Waals surface area contributed by atoms with E-state index in [9.17, 15) is 93.0 Å². The number of rotatable bonds is 41. The van der Waals surface area contributed by atoms with Gasteiger partial charge in [-0.1, -0.05) is 44.2 Å². The van der Waals surface area contributed by atoms with Crippen LogP contribution < -0.4 is 75.7 Å². The number of hydrogen-bond donors (Lipinski definition) is 23. The van der Waals surface area contributed by atoms with E-state index >= 15 is 0 Å². The number of aromatic nitrogens is 3. The number of likely N-dealkylation sites (tertiary alicyclic amines) is 1. The summed E-state index contributed by atoms with van der Waals surface area (Å²) in [4.78, 5) is 190. The molecular formula is C64H93N19O19. The molecule has 0 unspecified atom stereocenters. The minimum atomic E-state index is -2.00. The molecule has 38 nitrogen and oxygen atoms in total. The number of carboxylic acid groups (broad SMARTS) is 1. The Bertz CT molecular complexity index is 3570. The van der Waals surface area contributed by atoms with Crippen molar-refractivity contribution in [2.45, 2.75) is 171 Å². The van der Waals surface area contributed by atoms with E-state index in [2.05, 4.69) is 73.4 Å². The van der Waals surface area contributed by atoms with Gasteiger partial charge >= 0.3 is 5.97 Å². The van der Waals surface area contributed by atoms with Crippen molar-refractivity contribution >= 4 is 93.7 Å². The van der Waals surface area contributed by atoms with Crippen molar-refractivity contribution in [2.24, 2.45) is 23.1 Å². The maximum absolute atomic E-state index is 14.7. The van der Waals surface area contributed by atoms with Gasteiger partial charge in [0.15, 0.2) is 12.0 Å². The molecule has 26 N–H and O–H groups in total. The maximum atomic E-state index is 14.7. The average Bonchev–Trinajstić information content (AvgIpc) is 1.59. The van der Waals surface area contributed by atoms with Crippen LogP contribution in [0.1, 0.15) is 89.5 Å². The number of hydrogen-bond acceptors (Lipinski definition) is 21. The molecule has 4 aromatic rings. The Kier molecular flexibility index (Phi) is 32.0. The van der Waals surface area contributed by atoms with Crippen LogP contribution in [0, 0.1) is 11.3 Å². The van der Waals surface area contributed by atoms with Crippen molar-refractivity contribution in [3.05, 3.63) is 84.1 Å². The molecule has 5 rings (SSSR count). The predicted octanol–water partition coefficient (Wildman–Crippen LogP) is -7.17. The number of nitrogens with one attached hydrogen (secondary N) is 14. The fourth-order valence-corrected chi connectivity index (χ4v) is 10.9. The first kappa shape index (κ1) is 81.8. The predicted molar refractivity (Wildman–Crippen MR) is 361 cm³/mol. The molecule has 0 bridgehead atoms. The van der Waals surface area contributed by atoms with Crippen molar-refractivity contribution in [2.75, 3.05) is 32.9 Å². The number of phenols is 1. The van der Waals surface area contributed by atoms with Crippen LogP contribution in [0.5, 0.6) is 5.75 Å². The molecule has 1 saturated heterocycles. The first-order valence-electron chi connectivity index (χ1n) is 32.8. The Morgan fingerprint density at radius 1 is 0.618 bits per heavy atom. The molecular weight excluding hydrogens is 1340 g/mol. The molecule has 1 aliphatic heterocycles. The van der Waals surface area contributed by atoms with Crippen LogP contribution in [0.2, 0.25) is 0 Å². The largest absolute Gasteiger partial charge is 0.508 e. The number of H-pyrrole nitrogens is 2. The zero-order valence-electron chi connectivity index (χ0n) is 56.7. The number of aliphatic carboxylic acids is 1. The molecule has 38 heteroatoms. The molecule has 0 spiro atoms. The lowest BCUT2D eigenvalue weighted by atomic mass is 10.0. The lowest BCUT2D eigenvalue weighted by Gasteiger charge is -2.29. The lowest BCUT2D eigenvalue weighted by Crippen LogP contribution is -2.62. The zero-order valence-corrected chi connectivity index (χ0v) is 56.7. The number of nitrogens with zero attached hydrogens (tertiary/aromatic N) is 2. The second-order valence-corrected chi connectivity index (χ2v) is 25.0. The zero-order chi connectivity index (χ0) is 75.5. The quantitative estimate of drug-likeness (QED) is 0.0112. The van der Waals surface area contributed by atoms with Crippen molar-refractivity contribution in [3.8, 4) is 5.75 Å². The number of fused-ring (bicyclic) bond motifs is 1. The highest BCUT2D eigenvalue weighted by Gasteiger charge is 2.40. The van der Waals surface area contributed by atoms with Crippen LogP contribution in [0.15, 0.2) is 67.3 Å². The molecule has 1 aliphatic rings. The number of imidazole rings is 1. The summed E-state index contributed by atoms with van der Waals surface area (Å²) in [6.45, 7) is 2.69.